The van der Waals surface area contributed by atoms with Crippen LogP contribution in [-0.2, 0) is 9.53 Å². The Morgan fingerprint density at radius 3 is 2.58 bits per heavy atom. The van der Waals surface area contributed by atoms with Gasteiger partial charge in [-0.2, -0.15) is 0 Å². The zero-order valence-electron chi connectivity index (χ0n) is 13.8. The number of ether oxygens (including phenoxy) is 3. The fraction of sp³-hybridized carbons (Fsp3) is 0.312. The average Bonchev–Trinajstić information content (AvgIpc) is 2.98. The van der Waals surface area contributed by atoms with Crippen LogP contribution in [0.4, 0.5) is 5.82 Å². The molecular formula is C16H18N2O6. The summed E-state index contributed by atoms with van der Waals surface area (Å²) >= 11 is 0. The molecule has 1 unspecified atom stereocenters. The number of benzene rings is 1. The second-order valence-electron chi connectivity index (χ2n) is 4.93. The summed E-state index contributed by atoms with van der Waals surface area (Å²) in [5.74, 6) is 0.498. The van der Waals surface area contributed by atoms with Gasteiger partial charge in [0.1, 0.15) is 22.8 Å². The Morgan fingerprint density at radius 2 is 2.00 bits per heavy atom. The number of nitrogens with zero attached hydrogens (tertiary/aromatic N) is 1. The van der Waals surface area contributed by atoms with E-state index in [1.165, 1.54) is 26.4 Å². The smallest absolute Gasteiger partial charge is 0.341 e. The SMILES string of the molecule is COC(=O)c1ccc(OC)cc1OC(C)C(=O)Nc1cc(C)on1. The Balaban J connectivity index is 2.15. The number of amides is 1. The van der Waals surface area contributed by atoms with Gasteiger partial charge in [-0.15, -0.1) is 0 Å². The molecule has 2 aromatic rings. The summed E-state index contributed by atoms with van der Waals surface area (Å²) in [4.78, 5) is 24.0. The summed E-state index contributed by atoms with van der Waals surface area (Å²) < 4.78 is 20.3. The first kappa shape index (κ1) is 17.3. The molecule has 8 heteroatoms. The molecule has 0 fully saturated rings. The summed E-state index contributed by atoms with van der Waals surface area (Å²) in [6.07, 6.45) is -0.891. The fourth-order valence-corrected chi connectivity index (χ4v) is 1.90. The van der Waals surface area contributed by atoms with Crippen molar-refractivity contribution in [1.82, 2.24) is 5.16 Å². The number of hydrogen-bond acceptors (Lipinski definition) is 7. The minimum Gasteiger partial charge on any atom is -0.497 e. The first-order valence-electron chi connectivity index (χ1n) is 7.11. The van der Waals surface area contributed by atoms with Crippen molar-refractivity contribution >= 4 is 17.7 Å². The molecule has 1 heterocycles. The predicted molar refractivity (Wildman–Crippen MR) is 84.3 cm³/mol. The van der Waals surface area contributed by atoms with Gasteiger partial charge in [-0.05, 0) is 26.0 Å². The maximum absolute atomic E-state index is 12.2. The number of anilines is 1. The van der Waals surface area contributed by atoms with Crippen molar-refractivity contribution in [2.75, 3.05) is 19.5 Å². The van der Waals surface area contributed by atoms with Gasteiger partial charge < -0.3 is 24.1 Å². The number of aryl methyl sites for hydroxylation is 1. The second kappa shape index (κ2) is 7.49. The van der Waals surface area contributed by atoms with Crippen molar-refractivity contribution in [3.63, 3.8) is 0 Å². The van der Waals surface area contributed by atoms with E-state index in [1.54, 1.807) is 26.0 Å². The van der Waals surface area contributed by atoms with Crippen molar-refractivity contribution < 1.29 is 28.3 Å². The van der Waals surface area contributed by atoms with E-state index in [-0.39, 0.29) is 17.1 Å². The van der Waals surface area contributed by atoms with Crippen LogP contribution in [0.2, 0.25) is 0 Å². The lowest BCUT2D eigenvalue weighted by molar-refractivity contribution is -0.122. The molecule has 0 saturated heterocycles. The maximum atomic E-state index is 12.2. The van der Waals surface area contributed by atoms with Crippen LogP contribution in [0.1, 0.15) is 23.0 Å². The van der Waals surface area contributed by atoms with Crippen LogP contribution in [0.15, 0.2) is 28.8 Å². The maximum Gasteiger partial charge on any atom is 0.341 e. The van der Waals surface area contributed by atoms with Crippen LogP contribution in [-0.4, -0.2) is 37.4 Å². The Bertz CT molecular complexity index is 740. The highest BCUT2D eigenvalue weighted by atomic mass is 16.5. The first-order valence-corrected chi connectivity index (χ1v) is 7.11. The molecule has 1 atom stereocenters. The highest BCUT2D eigenvalue weighted by Gasteiger charge is 2.21. The van der Waals surface area contributed by atoms with E-state index in [0.29, 0.717) is 11.5 Å². The van der Waals surface area contributed by atoms with Gasteiger partial charge in [-0.1, -0.05) is 5.16 Å². The van der Waals surface area contributed by atoms with Crippen LogP contribution in [0.5, 0.6) is 11.5 Å². The van der Waals surface area contributed by atoms with Crippen LogP contribution in [0.3, 0.4) is 0 Å². The Hall–Kier alpha value is -3.03. The Morgan fingerprint density at radius 1 is 1.25 bits per heavy atom. The average molecular weight is 334 g/mol. The molecule has 0 aliphatic heterocycles. The van der Waals surface area contributed by atoms with Crippen molar-refractivity contribution in [2.45, 2.75) is 20.0 Å². The highest BCUT2D eigenvalue weighted by molar-refractivity contribution is 5.95. The molecule has 1 aromatic heterocycles. The van der Waals surface area contributed by atoms with Crippen LogP contribution < -0.4 is 14.8 Å². The zero-order valence-corrected chi connectivity index (χ0v) is 13.8. The topological polar surface area (TPSA) is 99.9 Å². The third-order valence-corrected chi connectivity index (χ3v) is 3.15. The highest BCUT2D eigenvalue weighted by Crippen LogP contribution is 2.26. The summed E-state index contributed by atoms with van der Waals surface area (Å²) in [6.45, 7) is 3.25. The minimum atomic E-state index is -0.891. The van der Waals surface area contributed by atoms with Crippen LogP contribution in [0.25, 0.3) is 0 Å². The molecule has 1 N–H and O–H groups in total. The van der Waals surface area contributed by atoms with Crippen LogP contribution >= 0.6 is 0 Å². The fourth-order valence-electron chi connectivity index (χ4n) is 1.90. The number of methoxy groups -OCH3 is 2. The number of carbonyl (C=O) groups excluding carboxylic acids is 2. The molecule has 24 heavy (non-hydrogen) atoms. The first-order chi connectivity index (χ1) is 11.4. The molecule has 1 aromatic carbocycles. The van der Waals surface area contributed by atoms with Crippen LogP contribution in [0, 0.1) is 6.92 Å². The van der Waals surface area contributed by atoms with E-state index in [0.717, 1.165) is 0 Å². The van der Waals surface area contributed by atoms with E-state index in [2.05, 4.69) is 10.5 Å². The van der Waals surface area contributed by atoms with Gasteiger partial charge in [0.15, 0.2) is 11.9 Å². The molecular weight excluding hydrogens is 316 g/mol. The van der Waals surface area contributed by atoms with Gasteiger partial charge in [0.2, 0.25) is 0 Å². The third kappa shape index (κ3) is 4.03. The molecule has 8 nitrogen and oxygen atoms in total. The molecule has 0 radical (unpaired) electrons. The number of aromatic nitrogens is 1. The molecule has 2 rings (SSSR count). The molecule has 0 aliphatic carbocycles. The number of carbonyl (C=O) groups is 2. The lowest BCUT2D eigenvalue weighted by Gasteiger charge is -2.16. The van der Waals surface area contributed by atoms with Crippen molar-refractivity contribution in [1.29, 1.82) is 0 Å². The minimum absolute atomic E-state index is 0.181. The monoisotopic (exact) mass is 334 g/mol. The van der Waals surface area contributed by atoms with Crippen molar-refractivity contribution in [3.8, 4) is 11.5 Å². The van der Waals surface area contributed by atoms with Gasteiger partial charge in [0.25, 0.3) is 5.91 Å². The standard InChI is InChI=1S/C16H18N2O6/c1-9-7-14(18-24-9)17-15(19)10(2)23-13-8-11(21-3)5-6-12(13)16(20)22-4/h5-8,10H,1-4H3,(H,17,18,19). The van der Waals surface area contributed by atoms with E-state index in [9.17, 15) is 9.59 Å². The lowest BCUT2D eigenvalue weighted by atomic mass is 10.2. The Kier molecular flexibility index (Phi) is 5.41. The quantitative estimate of drug-likeness (QED) is 0.808. The van der Waals surface area contributed by atoms with E-state index >= 15 is 0 Å². The molecule has 128 valence electrons. The molecule has 0 spiro atoms. The number of nitrogens with one attached hydrogen (secondary N) is 1. The van der Waals surface area contributed by atoms with Gasteiger partial charge >= 0.3 is 5.97 Å². The van der Waals surface area contributed by atoms with Crippen molar-refractivity contribution in [3.05, 3.63) is 35.6 Å². The molecule has 0 bridgehead atoms. The molecule has 0 aliphatic rings. The number of hydrogen-bond donors (Lipinski definition) is 1. The second-order valence-corrected chi connectivity index (χ2v) is 4.93. The normalized spacial score (nSPS) is 11.5. The zero-order chi connectivity index (χ0) is 17.7. The largest absolute Gasteiger partial charge is 0.497 e. The summed E-state index contributed by atoms with van der Waals surface area (Å²) in [5, 5.41) is 6.23. The van der Waals surface area contributed by atoms with E-state index in [1.807, 2.05) is 0 Å². The van der Waals surface area contributed by atoms with Gasteiger partial charge in [0.05, 0.1) is 14.2 Å². The lowest BCUT2D eigenvalue weighted by Crippen LogP contribution is -2.30. The number of esters is 1. The summed E-state index contributed by atoms with van der Waals surface area (Å²) in [7, 11) is 2.75. The number of rotatable bonds is 6. The van der Waals surface area contributed by atoms with E-state index in [4.69, 9.17) is 18.7 Å². The molecule has 1 amide bonds. The molecule has 0 saturated carbocycles. The third-order valence-electron chi connectivity index (χ3n) is 3.15. The van der Waals surface area contributed by atoms with E-state index < -0.39 is 18.0 Å². The Labute approximate surface area is 138 Å². The summed E-state index contributed by atoms with van der Waals surface area (Å²) in [6, 6.07) is 6.19. The van der Waals surface area contributed by atoms with Gasteiger partial charge in [0, 0.05) is 12.1 Å². The predicted octanol–water partition coefficient (Wildman–Crippen LogP) is 2.18. The summed E-state index contributed by atoms with van der Waals surface area (Å²) in [5.41, 5.74) is 0.190. The van der Waals surface area contributed by atoms with Crippen molar-refractivity contribution in [2.24, 2.45) is 0 Å². The van der Waals surface area contributed by atoms with Gasteiger partial charge in [-0.3, -0.25) is 4.79 Å². The van der Waals surface area contributed by atoms with Gasteiger partial charge in [-0.25, -0.2) is 4.79 Å².